The minimum absolute atomic E-state index is 0.0824. The van der Waals surface area contributed by atoms with Crippen molar-refractivity contribution in [3.8, 4) is 5.75 Å². The molecule has 0 unspecified atom stereocenters. The molecular formula is C24H26N2O4S. The zero-order valence-electron chi connectivity index (χ0n) is 17.5. The summed E-state index contributed by atoms with van der Waals surface area (Å²) in [5, 5.41) is 2.79. The molecule has 0 bridgehead atoms. The number of rotatable bonds is 9. The fourth-order valence-electron chi connectivity index (χ4n) is 3.15. The van der Waals surface area contributed by atoms with Crippen molar-refractivity contribution in [2.24, 2.45) is 0 Å². The zero-order chi connectivity index (χ0) is 22.3. The van der Waals surface area contributed by atoms with Gasteiger partial charge in [0.05, 0.1) is 11.5 Å². The molecule has 1 amide bonds. The van der Waals surface area contributed by atoms with E-state index in [2.05, 4.69) is 10.0 Å². The first kappa shape index (κ1) is 22.5. The Morgan fingerprint density at radius 2 is 1.61 bits per heavy atom. The summed E-state index contributed by atoms with van der Waals surface area (Å²) in [7, 11) is -3.94. The van der Waals surface area contributed by atoms with Crippen LogP contribution in [0.1, 0.15) is 18.1 Å². The maximum absolute atomic E-state index is 13.1. The summed E-state index contributed by atoms with van der Waals surface area (Å²) >= 11 is 0. The molecule has 2 N–H and O–H groups in total. The number of amides is 1. The first-order chi connectivity index (χ1) is 14.9. The summed E-state index contributed by atoms with van der Waals surface area (Å²) < 4.78 is 34.2. The third kappa shape index (κ3) is 6.16. The van der Waals surface area contributed by atoms with Crippen LogP contribution in [-0.4, -0.2) is 27.0 Å². The van der Waals surface area contributed by atoms with E-state index < -0.39 is 22.0 Å². The number of benzene rings is 3. The number of aryl methyl sites for hydroxylation is 1. The van der Waals surface area contributed by atoms with Gasteiger partial charge in [0.1, 0.15) is 11.8 Å². The van der Waals surface area contributed by atoms with E-state index in [9.17, 15) is 13.2 Å². The molecule has 0 aliphatic heterocycles. The van der Waals surface area contributed by atoms with Gasteiger partial charge in [0, 0.05) is 5.69 Å². The van der Waals surface area contributed by atoms with Gasteiger partial charge < -0.3 is 10.1 Å². The minimum Gasteiger partial charge on any atom is -0.494 e. The quantitative estimate of drug-likeness (QED) is 0.530. The largest absolute Gasteiger partial charge is 0.494 e. The number of hydrogen-bond donors (Lipinski definition) is 2. The third-order valence-corrected chi connectivity index (χ3v) is 6.16. The van der Waals surface area contributed by atoms with Gasteiger partial charge in [0.15, 0.2) is 0 Å². The van der Waals surface area contributed by atoms with Crippen molar-refractivity contribution in [1.29, 1.82) is 0 Å². The Hall–Kier alpha value is -3.16. The van der Waals surface area contributed by atoms with Crippen molar-refractivity contribution in [2.75, 3.05) is 11.9 Å². The molecule has 0 aliphatic rings. The summed E-state index contributed by atoms with van der Waals surface area (Å²) in [5.74, 6) is 0.199. The van der Waals surface area contributed by atoms with Crippen LogP contribution in [0.15, 0.2) is 83.8 Å². The molecule has 3 rings (SSSR count). The number of nitrogens with one attached hydrogen (secondary N) is 2. The van der Waals surface area contributed by atoms with Crippen molar-refractivity contribution in [2.45, 2.75) is 31.2 Å². The van der Waals surface area contributed by atoms with E-state index in [1.165, 1.54) is 6.07 Å². The lowest BCUT2D eigenvalue weighted by atomic mass is 10.1. The van der Waals surface area contributed by atoms with Crippen LogP contribution in [0.5, 0.6) is 5.75 Å². The Bertz CT molecular complexity index is 1120. The van der Waals surface area contributed by atoms with E-state index in [4.69, 9.17) is 4.74 Å². The summed E-state index contributed by atoms with van der Waals surface area (Å²) in [6, 6.07) is 21.9. The Morgan fingerprint density at radius 3 is 2.23 bits per heavy atom. The Labute approximate surface area is 183 Å². The highest BCUT2D eigenvalue weighted by molar-refractivity contribution is 7.89. The molecule has 0 aromatic heterocycles. The molecule has 0 aliphatic carbocycles. The summed E-state index contributed by atoms with van der Waals surface area (Å²) in [6.07, 6.45) is 0.217. The smallest absolute Gasteiger partial charge is 0.242 e. The van der Waals surface area contributed by atoms with Gasteiger partial charge in [0.25, 0.3) is 0 Å². The molecule has 0 spiro atoms. The molecular weight excluding hydrogens is 412 g/mol. The SMILES string of the molecule is CCOc1ccc(S(=O)(=O)N[C@@H](Cc2ccccc2)C(=O)Nc2ccccc2)cc1C. The first-order valence-electron chi connectivity index (χ1n) is 10.0. The van der Waals surface area contributed by atoms with E-state index in [1.807, 2.05) is 43.3 Å². The van der Waals surface area contributed by atoms with Crippen LogP contribution in [0.3, 0.4) is 0 Å². The topological polar surface area (TPSA) is 84.5 Å². The number of carbonyl (C=O) groups is 1. The van der Waals surface area contributed by atoms with Gasteiger partial charge in [-0.05, 0) is 61.7 Å². The second-order valence-corrected chi connectivity index (χ2v) is 8.79. The number of ether oxygens (including phenoxy) is 1. The molecule has 162 valence electrons. The van der Waals surface area contributed by atoms with E-state index in [1.54, 1.807) is 43.3 Å². The maximum Gasteiger partial charge on any atom is 0.242 e. The van der Waals surface area contributed by atoms with Crippen molar-refractivity contribution < 1.29 is 17.9 Å². The van der Waals surface area contributed by atoms with E-state index in [-0.39, 0.29) is 11.3 Å². The van der Waals surface area contributed by atoms with Gasteiger partial charge in [-0.1, -0.05) is 48.5 Å². The van der Waals surface area contributed by atoms with Gasteiger partial charge in [-0.3, -0.25) is 4.79 Å². The second kappa shape index (κ2) is 10.2. The highest BCUT2D eigenvalue weighted by Crippen LogP contribution is 2.22. The van der Waals surface area contributed by atoms with Crippen LogP contribution >= 0.6 is 0 Å². The second-order valence-electron chi connectivity index (χ2n) is 7.08. The van der Waals surface area contributed by atoms with Gasteiger partial charge in [-0.2, -0.15) is 4.72 Å². The van der Waals surface area contributed by atoms with Crippen molar-refractivity contribution in [1.82, 2.24) is 4.72 Å². The van der Waals surface area contributed by atoms with Crippen LogP contribution in [0.25, 0.3) is 0 Å². The predicted molar refractivity (Wildman–Crippen MR) is 122 cm³/mol. The maximum atomic E-state index is 13.1. The fourth-order valence-corrected chi connectivity index (χ4v) is 4.43. The fraction of sp³-hybridized carbons (Fsp3) is 0.208. The monoisotopic (exact) mass is 438 g/mol. The minimum atomic E-state index is -3.94. The van der Waals surface area contributed by atoms with Gasteiger partial charge >= 0.3 is 0 Å². The van der Waals surface area contributed by atoms with E-state index in [0.717, 1.165) is 5.56 Å². The van der Waals surface area contributed by atoms with Crippen LogP contribution in [0.4, 0.5) is 5.69 Å². The van der Waals surface area contributed by atoms with E-state index in [0.29, 0.717) is 23.6 Å². The lowest BCUT2D eigenvalue weighted by Crippen LogP contribution is -2.45. The molecule has 3 aromatic carbocycles. The average molecular weight is 439 g/mol. The van der Waals surface area contributed by atoms with Crippen molar-refractivity contribution in [3.63, 3.8) is 0 Å². The number of para-hydroxylation sites is 1. The Kier molecular flexibility index (Phi) is 7.44. The molecule has 0 saturated carbocycles. The van der Waals surface area contributed by atoms with Crippen LogP contribution in [0.2, 0.25) is 0 Å². The van der Waals surface area contributed by atoms with Gasteiger partial charge in [-0.15, -0.1) is 0 Å². The molecule has 6 nitrogen and oxygen atoms in total. The zero-order valence-corrected chi connectivity index (χ0v) is 18.4. The number of sulfonamides is 1. The standard InChI is InChI=1S/C24H26N2O4S/c1-3-30-23-15-14-21(16-18(23)2)31(28,29)26-22(17-19-10-6-4-7-11-19)24(27)25-20-12-8-5-9-13-20/h4-16,22,26H,3,17H2,1-2H3,(H,25,27)/t22-/m0/s1. The average Bonchev–Trinajstić information content (AvgIpc) is 2.76. The number of carbonyl (C=O) groups excluding carboxylic acids is 1. The Morgan fingerprint density at radius 1 is 0.968 bits per heavy atom. The van der Waals surface area contributed by atoms with Crippen LogP contribution in [-0.2, 0) is 21.2 Å². The summed E-state index contributed by atoms with van der Waals surface area (Å²) in [5.41, 5.74) is 2.15. The van der Waals surface area contributed by atoms with Gasteiger partial charge in [0.2, 0.25) is 15.9 Å². The lowest BCUT2D eigenvalue weighted by Gasteiger charge is -2.19. The molecule has 0 saturated heterocycles. The van der Waals surface area contributed by atoms with E-state index >= 15 is 0 Å². The van der Waals surface area contributed by atoms with Crippen molar-refractivity contribution in [3.05, 3.63) is 90.0 Å². The summed E-state index contributed by atoms with van der Waals surface area (Å²) in [6.45, 7) is 4.14. The lowest BCUT2D eigenvalue weighted by molar-refractivity contribution is -0.117. The van der Waals surface area contributed by atoms with Crippen LogP contribution in [0, 0.1) is 6.92 Å². The van der Waals surface area contributed by atoms with Crippen LogP contribution < -0.4 is 14.8 Å². The molecule has 31 heavy (non-hydrogen) atoms. The summed E-state index contributed by atoms with van der Waals surface area (Å²) in [4.78, 5) is 13.1. The third-order valence-electron chi connectivity index (χ3n) is 4.69. The van der Waals surface area contributed by atoms with Crippen molar-refractivity contribution >= 4 is 21.6 Å². The number of anilines is 1. The molecule has 7 heteroatoms. The first-order valence-corrected chi connectivity index (χ1v) is 11.5. The normalized spacial score (nSPS) is 12.2. The highest BCUT2D eigenvalue weighted by Gasteiger charge is 2.26. The highest BCUT2D eigenvalue weighted by atomic mass is 32.2. The predicted octanol–water partition coefficient (Wildman–Crippen LogP) is 3.92. The number of hydrogen-bond acceptors (Lipinski definition) is 4. The molecule has 3 aromatic rings. The van der Waals surface area contributed by atoms with Gasteiger partial charge in [-0.25, -0.2) is 8.42 Å². The molecule has 0 heterocycles. The molecule has 0 fully saturated rings. The molecule has 1 atom stereocenters. The Balaban J connectivity index is 1.86. The molecule has 0 radical (unpaired) electrons.